The quantitative estimate of drug-likeness (QED) is 0.401. The lowest BCUT2D eigenvalue weighted by Crippen LogP contribution is -2.21. The first-order valence-corrected chi connectivity index (χ1v) is 8.44. The van der Waals surface area contributed by atoms with Gasteiger partial charge >= 0.3 is 0 Å². The normalized spacial score (nSPS) is 12.4. The van der Waals surface area contributed by atoms with Crippen molar-refractivity contribution in [2.75, 3.05) is 26.9 Å². The molecule has 0 atom stereocenters. The SMILES string of the molecule is CNC(N)=C(CCSCc1csc(CN(C)C)n1)[N+](=O)[O-]. The fraction of sp³-hybridized carbons (Fsp3) is 0.583. The summed E-state index contributed by atoms with van der Waals surface area (Å²) in [6.45, 7) is 0.836. The molecule has 0 spiro atoms. The smallest absolute Gasteiger partial charge is 0.286 e. The molecule has 0 saturated carbocycles. The largest absolute Gasteiger partial charge is 0.380 e. The Balaban J connectivity index is 2.40. The molecule has 118 valence electrons. The van der Waals surface area contributed by atoms with Crippen molar-refractivity contribution in [3.05, 3.63) is 37.7 Å². The van der Waals surface area contributed by atoms with Crippen LogP contribution >= 0.6 is 23.1 Å². The Morgan fingerprint density at radius 1 is 1.62 bits per heavy atom. The zero-order valence-corrected chi connectivity index (χ0v) is 14.1. The number of hydrogen-bond donors (Lipinski definition) is 2. The summed E-state index contributed by atoms with van der Waals surface area (Å²) in [5.74, 6) is 1.52. The molecule has 0 fully saturated rings. The van der Waals surface area contributed by atoms with Crippen molar-refractivity contribution in [2.45, 2.75) is 18.7 Å². The summed E-state index contributed by atoms with van der Waals surface area (Å²) >= 11 is 3.26. The first kappa shape index (κ1) is 17.7. The predicted octanol–water partition coefficient (Wildman–Crippen LogP) is 1.45. The second-order valence-corrected chi connectivity index (χ2v) is 6.69. The Hall–Kier alpha value is -1.32. The number of nitrogens with two attached hydrogens (primary N) is 1. The molecule has 0 aliphatic carbocycles. The predicted molar refractivity (Wildman–Crippen MR) is 87.6 cm³/mol. The molecule has 0 bridgehead atoms. The van der Waals surface area contributed by atoms with Gasteiger partial charge in [0.2, 0.25) is 0 Å². The van der Waals surface area contributed by atoms with Crippen LogP contribution in [-0.2, 0) is 12.3 Å². The lowest BCUT2D eigenvalue weighted by molar-refractivity contribution is -0.429. The highest BCUT2D eigenvalue weighted by Gasteiger charge is 2.15. The molecule has 0 aliphatic heterocycles. The first-order chi connectivity index (χ1) is 9.93. The Labute approximate surface area is 132 Å². The molecule has 0 unspecified atom stereocenters. The van der Waals surface area contributed by atoms with E-state index in [1.807, 2.05) is 19.5 Å². The summed E-state index contributed by atoms with van der Waals surface area (Å²) in [4.78, 5) is 17.0. The van der Waals surface area contributed by atoms with Crippen LogP contribution in [0.25, 0.3) is 0 Å². The summed E-state index contributed by atoms with van der Waals surface area (Å²) < 4.78 is 0. The lowest BCUT2D eigenvalue weighted by Gasteiger charge is -2.05. The average molecular weight is 331 g/mol. The van der Waals surface area contributed by atoms with Gasteiger partial charge in [-0.1, -0.05) is 0 Å². The van der Waals surface area contributed by atoms with E-state index in [0.717, 1.165) is 23.0 Å². The van der Waals surface area contributed by atoms with E-state index in [-0.39, 0.29) is 11.5 Å². The Morgan fingerprint density at radius 2 is 2.33 bits per heavy atom. The van der Waals surface area contributed by atoms with Gasteiger partial charge in [0, 0.05) is 30.5 Å². The van der Waals surface area contributed by atoms with Gasteiger partial charge in [-0.2, -0.15) is 11.8 Å². The monoisotopic (exact) mass is 331 g/mol. The number of nitrogens with one attached hydrogen (secondary N) is 1. The van der Waals surface area contributed by atoms with Gasteiger partial charge in [-0.15, -0.1) is 11.3 Å². The number of hydrogen-bond acceptors (Lipinski definition) is 8. The number of nitro groups is 1. The molecule has 0 amide bonds. The number of allylic oxidation sites excluding steroid dienone is 1. The molecule has 1 aromatic heterocycles. The number of aromatic nitrogens is 1. The molecular formula is C12H21N5O2S2. The van der Waals surface area contributed by atoms with Gasteiger partial charge in [0.05, 0.1) is 17.0 Å². The third-order valence-corrected chi connectivity index (χ3v) is 4.46. The maximum Gasteiger partial charge on any atom is 0.286 e. The molecule has 9 heteroatoms. The molecule has 1 aromatic rings. The van der Waals surface area contributed by atoms with E-state index in [1.54, 1.807) is 30.1 Å². The molecule has 1 rings (SSSR count). The van der Waals surface area contributed by atoms with E-state index in [0.29, 0.717) is 12.2 Å². The van der Waals surface area contributed by atoms with Crippen LogP contribution in [-0.4, -0.2) is 41.7 Å². The van der Waals surface area contributed by atoms with E-state index >= 15 is 0 Å². The van der Waals surface area contributed by atoms with Crippen molar-refractivity contribution in [1.29, 1.82) is 0 Å². The fourth-order valence-electron chi connectivity index (χ4n) is 1.57. The summed E-state index contributed by atoms with van der Waals surface area (Å²) in [5.41, 5.74) is 6.63. The molecule has 0 aromatic carbocycles. The van der Waals surface area contributed by atoms with Crippen LogP contribution in [0.15, 0.2) is 16.9 Å². The van der Waals surface area contributed by atoms with Crippen molar-refractivity contribution >= 4 is 23.1 Å². The zero-order valence-electron chi connectivity index (χ0n) is 12.5. The van der Waals surface area contributed by atoms with E-state index in [2.05, 4.69) is 15.2 Å². The van der Waals surface area contributed by atoms with Gasteiger partial charge in [-0.05, 0) is 14.1 Å². The third kappa shape index (κ3) is 6.32. The average Bonchev–Trinajstić information content (AvgIpc) is 2.84. The Kier molecular flexibility index (Phi) is 7.48. The van der Waals surface area contributed by atoms with Gasteiger partial charge in [0.15, 0.2) is 5.82 Å². The van der Waals surface area contributed by atoms with Crippen molar-refractivity contribution < 1.29 is 4.92 Å². The molecule has 3 N–H and O–H groups in total. The lowest BCUT2D eigenvalue weighted by atomic mass is 10.3. The second-order valence-electron chi connectivity index (χ2n) is 4.64. The summed E-state index contributed by atoms with van der Waals surface area (Å²) in [5, 5.41) is 16.6. The van der Waals surface area contributed by atoms with Crippen LogP contribution in [0.5, 0.6) is 0 Å². The number of rotatable bonds is 9. The topological polar surface area (TPSA) is 97.3 Å². The minimum Gasteiger partial charge on any atom is -0.380 e. The number of thiazole rings is 1. The van der Waals surface area contributed by atoms with E-state index in [4.69, 9.17) is 5.73 Å². The highest BCUT2D eigenvalue weighted by Crippen LogP contribution is 2.19. The van der Waals surface area contributed by atoms with Crippen molar-refractivity contribution in [1.82, 2.24) is 15.2 Å². The first-order valence-electron chi connectivity index (χ1n) is 6.40. The van der Waals surface area contributed by atoms with Crippen molar-refractivity contribution in [3.8, 4) is 0 Å². The van der Waals surface area contributed by atoms with E-state index < -0.39 is 4.92 Å². The van der Waals surface area contributed by atoms with Gasteiger partial charge in [-0.3, -0.25) is 10.1 Å². The van der Waals surface area contributed by atoms with Gasteiger partial charge in [0.1, 0.15) is 5.01 Å². The van der Waals surface area contributed by atoms with Crippen LogP contribution in [0.1, 0.15) is 17.1 Å². The van der Waals surface area contributed by atoms with E-state index in [9.17, 15) is 10.1 Å². The van der Waals surface area contributed by atoms with Crippen LogP contribution in [0.4, 0.5) is 0 Å². The maximum atomic E-state index is 10.9. The summed E-state index contributed by atoms with van der Waals surface area (Å²) in [6.07, 6.45) is 0.332. The molecule has 7 nitrogen and oxygen atoms in total. The maximum absolute atomic E-state index is 10.9. The minimum atomic E-state index is -0.426. The van der Waals surface area contributed by atoms with Gasteiger partial charge < -0.3 is 16.0 Å². The zero-order chi connectivity index (χ0) is 15.8. The molecule has 1 heterocycles. The molecule has 0 aliphatic rings. The summed E-state index contributed by atoms with van der Waals surface area (Å²) in [6, 6.07) is 0. The highest BCUT2D eigenvalue weighted by atomic mass is 32.2. The molecule has 0 radical (unpaired) electrons. The van der Waals surface area contributed by atoms with Crippen LogP contribution in [0, 0.1) is 10.1 Å². The van der Waals surface area contributed by atoms with Crippen LogP contribution < -0.4 is 11.1 Å². The summed E-state index contributed by atoms with van der Waals surface area (Å²) in [7, 11) is 5.59. The van der Waals surface area contributed by atoms with E-state index in [1.165, 1.54) is 0 Å². The van der Waals surface area contributed by atoms with Gasteiger partial charge in [0.25, 0.3) is 5.70 Å². The minimum absolute atomic E-state index is 0.0385. The molecule has 0 saturated heterocycles. The third-order valence-electron chi connectivity index (χ3n) is 2.58. The Bertz CT molecular complexity index is 502. The second kappa shape index (κ2) is 8.85. The Morgan fingerprint density at radius 3 is 2.90 bits per heavy atom. The van der Waals surface area contributed by atoms with Gasteiger partial charge in [-0.25, -0.2) is 4.98 Å². The highest BCUT2D eigenvalue weighted by molar-refractivity contribution is 7.98. The number of thioether (sulfide) groups is 1. The molecule has 21 heavy (non-hydrogen) atoms. The van der Waals surface area contributed by atoms with Crippen LogP contribution in [0.3, 0.4) is 0 Å². The van der Waals surface area contributed by atoms with Crippen LogP contribution in [0.2, 0.25) is 0 Å². The fourth-order valence-corrected chi connectivity index (χ4v) is 3.43. The molecular weight excluding hydrogens is 310 g/mol. The van der Waals surface area contributed by atoms with Crippen molar-refractivity contribution in [2.24, 2.45) is 5.73 Å². The standard InChI is InChI=1S/C12H21N5O2S2/c1-14-12(13)10(17(18)19)4-5-20-7-9-8-21-11(15-9)6-16(2)3/h8,14H,4-7,13H2,1-3H3. The number of nitrogens with zero attached hydrogens (tertiary/aromatic N) is 3. The van der Waals surface area contributed by atoms with Crippen molar-refractivity contribution in [3.63, 3.8) is 0 Å².